The van der Waals surface area contributed by atoms with Crippen LogP contribution in [-0.2, 0) is 18.3 Å². The van der Waals surface area contributed by atoms with E-state index in [0.29, 0.717) is 67.4 Å². The van der Waals surface area contributed by atoms with E-state index in [-0.39, 0.29) is 6.10 Å². The molecule has 1 atom stereocenters. The number of ether oxygens (including phenoxy) is 2. The second-order valence-corrected chi connectivity index (χ2v) is 7.65. The Bertz CT molecular complexity index is 1190. The van der Waals surface area contributed by atoms with Crippen LogP contribution in [0.4, 0.5) is 5.95 Å². The highest BCUT2D eigenvalue weighted by Gasteiger charge is 2.24. The van der Waals surface area contributed by atoms with Crippen molar-refractivity contribution in [2.45, 2.75) is 12.6 Å². The highest BCUT2D eigenvalue weighted by Crippen LogP contribution is 2.19. The molecular weight excluding hydrogens is 436 g/mol. The Balaban J connectivity index is 1.27. The lowest BCUT2D eigenvalue weighted by atomic mass is 10.2. The van der Waals surface area contributed by atoms with Gasteiger partial charge < -0.3 is 14.4 Å². The van der Waals surface area contributed by atoms with Crippen LogP contribution in [0.1, 0.15) is 0 Å². The standard InChI is InChI=1S/C19H21ClN10O2/c1-28-10-13(6-24-28)16-9-21-18-17(25-16)26-27-30(18)12-15-11-29(3-5-32-15)19-22-7-14(8-23-19)31-4-2-20/h6-10,15H,2-5,11-12H2,1H3/t15-/m0/s1. The van der Waals surface area contributed by atoms with Crippen LogP contribution in [0.5, 0.6) is 5.75 Å². The number of aromatic nitrogens is 9. The number of nitrogens with zero attached hydrogens (tertiary/aromatic N) is 10. The fourth-order valence-corrected chi connectivity index (χ4v) is 3.56. The molecule has 1 aliphatic rings. The summed E-state index contributed by atoms with van der Waals surface area (Å²) in [5.74, 6) is 1.64. The van der Waals surface area contributed by atoms with Crippen molar-refractivity contribution in [3.05, 3.63) is 31.0 Å². The average Bonchev–Trinajstić information content (AvgIpc) is 3.44. The molecule has 5 heterocycles. The van der Waals surface area contributed by atoms with Gasteiger partial charge in [0.05, 0.1) is 55.6 Å². The molecule has 4 aromatic rings. The summed E-state index contributed by atoms with van der Waals surface area (Å²) in [6, 6.07) is 0. The third-order valence-electron chi connectivity index (χ3n) is 4.99. The Morgan fingerprint density at radius 1 is 1.19 bits per heavy atom. The van der Waals surface area contributed by atoms with Gasteiger partial charge in [-0.3, -0.25) is 4.68 Å². The Morgan fingerprint density at radius 2 is 2.06 bits per heavy atom. The van der Waals surface area contributed by atoms with Crippen LogP contribution in [-0.4, -0.2) is 83.0 Å². The van der Waals surface area contributed by atoms with Gasteiger partial charge in [-0.05, 0) is 0 Å². The molecule has 0 saturated carbocycles. The zero-order valence-electron chi connectivity index (χ0n) is 17.4. The zero-order chi connectivity index (χ0) is 21.9. The SMILES string of the molecule is Cn1cc(-c2cnc3c(nnn3C[C@@H]3CN(c4ncc(OCCCl)cn4)CCO3)n2)cn1. The van der Waals surface area contributed by atoms with E-state index in [9.17, 15) is 0 Å². The maximum absolute atomic E-state index is 5.94. The maximum atomic E-state index is 5.94. The van der Waals surface area contributed by atoms with E-state index >= 15 is 0 Å². The monoisotopic (exact) mass is 456 g/mol. The number of rotatable bonds is 7. The minimum atomic E-state index is -0.121. The first kappa shape index (κ1) is 20.5. The lowest BCUT2D eigenvalue weighted by Crippen LogP contribution is -2.45. The largest absolute Gasteiger partial charge is 0.489 e. The molecule has 0 aliphatic carbocycles. The molecule has 0 unspecified atom stereocenters. The smallest absolute Gasteiger partial charge is 0.225 e. The first-order valence-electron chi connectivity index (χ1n) is 10.1. The molecule has 0 N–H and O–H groups in total. The number of fused-ring (bicyclic) bond motifs is 1. The van der Waals surface area contributed by atoms with Crippen molar-refractivity contribution in [2.24, 2.45) is 7.05 Å². The summed E-state index contributed by atoms with van der Waals surface area (Å²) in [5.41, 5.74) is 2.67. The van der Waals surface area contributed by atoms with Crippen molar-refractivity contribution in [3.63, 3.8) is 0 Å². The quantitative estimate of drug-likeness (QED) is 0.371. The molecule has 32 heavy (non-hydrogen) atoms. The minimum Gasteiger partial charge on any atom is -0.489 e. The minimum absolute atomic E-state index is 0.121. The van der Waals surface area contributed by atoms with Crippen LogP contribution < -0.4 is 9.64 Å². The molecular formula is C19H21ClN10O2. The molecule has 1 saturated heterocycles. The molecule has 12 nitrogen and oxygen atoms in total. The predicted molar refractivity (Wildman–Crippen MR) is 116 cm³/mol. The average molecular weight is 457 g/mol. The number of morpholine rings is 1. The molecule has 4 aromatic heterocycles. The number of aryl methyl sites for hydroxylation is 1. The van der Waals surface area contributed by atoms with Crippen LogP contribution in [0.3, 0.4) is 0 Å². The number of hydrogen-bond donors (Lipinski definition) is 0. The molecule has 1 fully saturated rings. The Morgan fingerprint density at radius 3 is 2.84 bits per heavy atom. The second kappa shape index (κ2) is 9.01. The van der Waals surface area contributed by atoms with Crippen molar-refractivity contribution in [1.29, 1.82) is 0 Å². The van der Waals surface area contributed by atoms with Gasteiger partial charge in [0.2, 0.25) is 11.6 Å². The fourth-order valence-electron chi connectivity index (χ4n) is 3.48. The van der Waals surface area contributed by atoms with Crippen molar-refractivity contribution in [1.82, 2.24) is 44.7 Å². The van der Waals surface area contributed by atoms with E-state index in [2.05, 4.69) is 40.2 Å². The van der Waals surface area contributed by atoms with Gasteiger partial charge in [-0.2, -0.15) is 5.10 Å². The van der Waals surface area contributed by atoms with Crippen molar-refractivity contribution in [2.75, 3.05) is 37.1 Å². The maximum Gasteiger partial charge on any atom is 0.225 e. The fraction of sp³-hybridized carbons (Fsp3) is 0.421. The summed E-state index contributed by atoms with van der Waals surface area (Å²) in [4.78, 5) is 20.0. The first-order valence-corrected chi connectivity index (χ1v) is 10.7. The van der Waals surface area contributed by atoms with Crippen molar-refractivity contribution < 1.29 is 9.47 Å². The Hall–Kier alpha value is -3.38. The van der Waals surface area contributed by atoms with Crippen LogP contribution in [0.25, 0.3) is 22.6 Å². The van der Waals surface area contributed by atoms with E-state index in [1.54, 1.807) is 34.2 Å². The van der Waals surface area contributed by atoms with Gasteiger partial charge in [-0.25, -0.2) is 24.6 Å². The lowest BCUT2D eigenvalue weighted by molar-refractivity contribution is 0.0272. The van der Waals surface area contributed by atoms with Crippen LogP contribution in [0, 0.1) is 0 Å². The van der Waals surface area contributed by atoms with E-state index in [0.717, 1.165) is 5.56 Å². The van der Waals surface area contributed by atoms with Gasteiger partial charge >= 0.3 is 0 Å². The second-order valence-electron chi connectivity index (χ2n) is 7.27. The summed E-state index contributed by atoms with van der Waals surface area (Å²) < 4.78 is 14.8. The van der Waals surface area contributed by atoms with Crippen molar-refractivity contribution in [3.8, 4) is 17.0 Å². The summed E-state index contributed by atoms with van der Waals surface area (Å²) in [5, 5.41) is 12.6. The highest BCUT2D eigenvalue weighted by molar-refractivity contribution is 6.18. The summed E-state index contributed by atoms with van der Waals surface area (Å²) in [7, 11) is 1.86. The summed E-state index contributed by atoms with van der Waals surface area (Å²) in [6.45, 7) is 2.78. The van der Waals surface area contributed by atoms with E-state index < -0.39 is 0 Å². The molecule has 0 aromatic carbocycles. The Kier molecular flexibility index (Phi) is 5.77. The highest BCUT2D eigenvalue weighted by atomic mass is 35.5. The molecule has 0 radical (unpaired) electrons. The van der Waals surface area contributed by atoms with Crippen LogP contribution in [0.15, 0.2) is 31.0 Å². The first-order chi connectivity index (χ1) is 15.7. The van der Waals surface area contributed by atoms with Gasteiger partial charge in [-0.15, -0.1) is 16.7 Å². The number of halogens is 1. The van der Waals surface area contributed by atoms with Gasteiger partial charge in [0.1, 0.15) is 6.61 Å². The number of hydrogen-bond acceptors (Lipinski definition) is 10. The molecule has 13 heteroatoms. The lowest BCUT2D eigenvalue weighted by Gasteiger charge is -2.32. The Labute approximate surface area is 188 Å². The molecule has 0 amide bonds. The summed E-state index contributed by atoms with van der Waals surface area (Å²) >= 11 is 5.64. The van der Waals surface area contributed by atoms with Crippen molar-refractivity contribution >= 4 is 28.8 Å². The molecule has 0 spiro atoms. The van der Waals surface area contributed by atoms with Gasteiger partial charge in [0.15, 0.2) is 11.4 Å². The predicted octanol–water partition coefficient (Wildman–Crippen LogP) is 0.935. The van der Waals surface area contributed by atoms with Gasteiger partial charge in [0, 0.05) is 31.9 Å². The zero-order valence-corrected chi connectivity index (χ0v) is 18.1. The molecule has 1 aliphatic heterocycles. The molecule has 0 bridgehead atoms. The van der Waals surface area contributed by atoms with Crippen LogP contribution in [0.2, 0.25) is 0 Å². The molecule has 166 valence electrons. The number of anilines is 1. The molecule has 5 rings (SSSR count). The topological polar surface area (TPSA) is 122 Å². The third-order valence-corrected chi connectivity index (χ3v) is 5.14. The van der Waals surface area contributed by atoms with Gasteiger partial charge in [0.25, 0.3) is 0 Å². The normalized spacial score (nSPS) is 16.6. The third kappa shape index (κ3) is 4.32. The summed E-state index contributed by atoms with van der Waals surface area (Å²) in [6.07, 6.45) is 8.50. The van der Waals surface area contributed by atoms with E-state index in [1.165, 1.54) is 0 Å². The van der Waals surface area contributed by atoms with E-state index in [1.807, 2.05) is 13.2 Å². The van der Waals surface area contributed by atoms with Gasteiger partial charge in [-0.1, -0.05) is 5.21 Å². The number of alkyl halides is 1. The van der Waals surface area contributed by atoms with Crippen LogP contribution >= 0.6 is 11.6 Å². The van der Waals surface area contributed by atoms with E-state index in [4.69, 9.17) is 21.1 Å².